The molecule has 0 aliphatic carbocycles. The Bertz CT molecular complexity index is 525. The third-order valence-corrected chi connectivity index (χ3v) is 3.47. The molecule has 1 heterocycles. The molecule has 0 unspecified atom stereocenters. The van der Waals surface area contributed by atoms with Crippen molar-refractivity contribution in [3.05, 3.63) is 52.3 Å². The number of hydrogen-bond donors (Lipinski definition) is 1. The molecule has 0 aliphatic rings. The molecule has 1 aromatic carbocycles. The van der Waals surface area contributed by atoms with E-state index in [1.165, 1.54) is 5.56 Å². The molecule has 0 atom stereocenters. The van der Waals surface area contributed by atoms with Crippen LogP contribution in [0.25, 0.3) is 0 Å². The molecule has 0 amide bonds. The first-order valence-corrected chi connectivity index (χ1v) is 7.45. The van der Waals surface area contributed by atoms with Crippen LogP contribution in [0.1, 0.15) is 18.1 Å². The second kappa shape index (κ2) is 7.36. The first-order valence-electron chi connectivity index (χ1n) is 6.66. The van der Waals surface area contributed by atoms with Crippen LogP contribution in [-0.4, -0.2) is 23.6 Å². The summed E-state index contributed by atoms with van der Waals surface area (Å²) in [7, 11) is 2.00. The number of halogens is 1. The van der Waals surface area contributed by atoms with E-state index < -0.39 is 0 Å². The van der Waals surface area contributed by atoms with Crippen LogP contribution in [0, 0.1) is 0 Å². The average Bonchev–Trinajstić information content (AvgIpc) is 2.48. The molecule has 0 spiro atoms. The molecule has 0 saturated carbocycles. The van der Waals surface area contributed by atoms with Gasteiger partial charge in [-0.1, -0.05) is 35.0 Å². The maximum atomic E-state index is 4.41. The van der Waals surface area contributed by atoms with Gasteiger partial charge in [-0.3, -0.25) is 0 Å². The molecule has 4 nitrogen and oxygen atoms in total. The summed E-state index contributed by atoms with van der Waals surface area (Å²) in [6, 6.07) is 8.29. The van der Waals surface area contributed by atoms with Crippen LogP contribution in [0.2, 0.25) is 0 Å². The van der Waals surface area contributed by atoms with Crippen molar-refractivity contribution in [1.29, 1.82) is 0 Å². The highest BCUT2D eigenvalue weighted by Gasteiger charge is 2.05. The maximum absolute atomic E-state index is 4.41. The summed E-state index contributed by atoms with van der Waals surface area (Å²) < 4.78 is 1.09. The molecule has 0 fully saturated rings. The molecular weight excluding hydrogens is 316 g/mol. The molecule has 0 saturated heterocycles. The largest absolute Gasteiger partial charge is 0.340 e. The summed E-state index contributed by atoms with van der Waals surface area (Å²) in [4.78, 5) is 10.9. The van der Waals surface area contributed by atoms with Gasteiger partial charge in [-0.15, -0.1) is 0 Å². The lowest BCUT2D eigenvalue weighted by molar-refractivity contribution is 0.719. The zero-order chi connectivity index (χ0) is 14.4. The molecule has 106 valence electrons. The summed E-state index contributed by atoms with van der Waals surface area (Å²) >= 11 is 3.44. The van der Waals surface area contributed by atoms with Gasteiger partial charge in [0.15, 0.2) is 0 Å². The van der Waals surface area contributed by atoms with Crippen LogP contribution < -0.4 is 10.2 Å². The fourth-order valence-electron chi connectivity index (χ4n) is 1.84. The smallest absolute Gasteiger partial charge is 0.225 e. The predicted molar refractivity (Wildman–Crippen MR) is 85.7 cm³/mol. The van der Waals surface area contributed by atoms with E-state index in [9.17, 15) is 0 Å². The molecule has 1 N–H and O–H groups in total. The van der Waals surface area contributed by atoms with Gasteiger partial charge in [-0.25, -0.2) is 9.97 Å². The van der Waals surface area contributed by atoms with Gasteiger partial charge in [0.05, 0.1) is 0 Å². The predicted octanol–water partition coefficient (Wildman–Crippen LogP) is 2.99. The fourth-order valence-corrected chi connectivity index (χ4v) is 2.10. The molecule has 0 radical (unpaired) electrons. The number of benzene rings is 1. The van der Waals surface area contributed by atoms with Crippen molar-refractivity contribution in [1.82, 2.24) is 15.3 Å². The summed E-state index contributed by atoms with van der Waals surface area (Å²) in [5, 5.41) is 3.26. The zero-order valence-electron chi connectivity index (χ0n) is 11.8. The third kappa shape index (κ3) is 4.28. The van der Waals surface area contributed by atoms with Crippen LogP contribution in [0.4, 0.5) is 5.95 Å². The number of nitrogens with one attached hydrogen (secondary N) is 1. The lowest BCUT2D eigenvalue weighted by atomic mass is 10.2. The Labute approximate surface area is 128 Å². The second-order valence-electron chi connectivity index (χ2n) is 4.65. The summed E-state index contributed by atoms with van der Waals surface area (Å²) in [5.41, 5.74) is 2.34. The zero-order valence-corrected chi connectivity index (χ0v) is 13.4. The molecule has 0 aliphatic heterocycles. The van der Waals surface area contributed by atoms with E-state index in [1.807, 2.05) is 36.5 Å². The van der Waals surface area contributed by atoms with Crippen molar-refractivity contribution in [2.45, 2.75) is 20.0 Å². The lowest BCUT2D eigenvalue weighted by Gasteiger charge is -2.17. The van der Waals surface area contributed by atoms with Crippen molar-refractivity contribution < 1.29 is 0 Å². The van der Waals surface area contributed by atoms with Crippen molar-refractivity contribution >= 4 is 21.9 Å². The Morgan fingerprint density at radius 1 is 1.10 bits per heavy atom. The van der Waals surface area contributed by atoms with E-state index in [1.54, 1.807) is 0 Å². The molecule has 20 heavy (non-hydrogen) atoms. The van der Waals surface area contributed by atoms with Crippen molar-refractivity contribution in [2.24, 2.45) is 0 Å². The molecule has 1 aromatic heterocycles. The first-order chi connectivity index (χ1) is 9.69. The standard InChI is InChI=1S/C15H19BrN4/c1-3-17-8-13-9-18-15(19-10-13)20(2)11-12-4-6-14(16)7-5-12/h4-7,9-10,17H,3,8,11H2,1-2H3. The highest BCUT2D eigenvalue weighted by atomic mass is 79.9. The number of hydrogen-bond acceptors (Lipinski definition) is 4. The minimum Gasteiger partial charge on any atom is -0.340 e. The van der Waals surface area contributed by atoms with Crippen LogP contribution in [-0.2, 0) is 13.1 Å². The third-order valence-electron chi connectivity index (χ3n) is 2.95. The Balaban J connectivity index is 1.98. The van der Waals surface area contributed by atoms with Crippen molar-refractivity contribution in [3.63, 3.8) is 0 Å². The first kappa shape index (κ1) is 14.9. The average molecular weight is 335 g/mol. The lowest BCUT2D eigenvalue weighted by Crippen LogP contribution is -2.19. The minimum atomic E-state index is 0.744. The molecule has 0 bridgehead atoms. The summed E-state index contributed by atoms with van der Waals surface area (Å²) in [6.45, 7) is 4.64. The maximum Gasteiger partial charge on any atom is 0.225 e. The van der Waals surface area contributed by atoms with Crippen LogP contribution in [0.15, 0.2) is 41.1 Å². The Kier molecular flexibility index (Phi) is 5.49. The van der Waals surface area contributed by atoms with Gasteiger partial charge in [0.2, 0.25) is 5.95 Å². The molecule has 5 heteroatoms. The highest BCUT2D eigenvalue weighted by Crippen LogP contribution is 2.14. The van der Waals surface area contributed by atoms with E-state index in [-0.39, 0.29) is 0 Å². The van der Waals surface area contributed by atoms with Gasteiger partial charge in [0.25, 0.3) is 0 Å². The van der Waals surface area contributed by atoms with Crippen LogP contribution in [0.3, 0.4) is 0 Å². The Hall–Kier alpha value is -1.46. The quantitative estimate of drug-likeness (QED) is 0.881. The highest BCUT2D eigenvalue weighted by molar-refractivity contribution is 9.10. The normalized spacial score (nSPS) is 10.6. The van der Waals surface area contributed by atoms with Crippen LogP contribution >= 0.6 is 15.9 Å². The van der Waals surface area contributed by atoms with E-state index in [4.69, 9.17) is 0 Å². The van der Waals surface area contributed by atoms with Gasteiger partial charge in [-0.05, 0) is 24.2 Å². The summed E-state index contributed by atoms with van der Waals surface area (Å²) in [6.07, 6.45) is 3.76. The monoisotopic (exact) mass is 334 g/mol. The van der Waals surface area contributed by atoms with Gasteiger partial charge in [-0.2, -0.15) is 0 Å². The van der Waals surface area contributed by atoms with Gasteiger partial charge < -0.3 is 10.2 Å². The SMILES string of the molecule is CCNCc1cnc(N(C)Cc2ccc(Br)cc2)nc1. The van der Waals surface area contributed by atoms with Crippen molar-refractivity contribution in [2.75, 3.05) is 18.5 Å². The molecule has 2 rings (SSSR count). The number of nitrogens with zero attached hydrogens (tertiary/aromatic N) is 3. The number of anilines is 1. The Morgan fingerprint density at radius 3 is 2.35 bits per heavy atom. The second-order valence-corrected chi connectivity index (χ2v) is 5.57. The molecule has 2 aromatic rings. The van der Waals surface area contributed by atoms with E-state index in [0.29, 0.717) is 0 Å². The molecular formula is C15H19BrN4. The fraction of sp³-hybridized carbons (Fsp3) is 0.333. The number of rotatable bonds is 6. The van der Waals surface area contributed by atoms with E-state index in [2.05, 4.69) is 50.3 Å². The topological polar surface area (TPSA) is 41.1 Å². The van der Waals surface area contributed by atoms with Gasteiger partial charge in [0, 0.05) is 42.6 Å². The number of aromatic nitrogens is 2. The minimum absolute atomic E-state index is 0.744. The Morgan fingerprint density at radius 2 is 1.75 bits per heavy atom. The van der Waals surface area contributed by atoms with Gasteiger partial charge in [0.1, 0.15) is 0 Å². The summed E-state index contributed by atoms with van der Waals surface area (Å²) in [5.74, 6) is 0.744. The van der Waals surface area contributed by atoms with Crippen molar-refractivity contribution in [3.8, 4) is 0 Å². The van der Waals surface area contributed by atoms with Crippen LogP contribution in [0.5, 0.6) is 0 Å². The van der Waals surface area contributed by atoms with Gasteiger partial charge >= 0.3 is 0 Å². The van der Waals surface area contributed by atoms with E-state index >= 15 is 0 Å². The van der Waals surface area contributed by atoms with E-state index in [0.717, 1.165) is 35.6 Å².